The van der Waals surface area contributed by atoms with Crippen LogP contribution in [0.1, 0.15) is 35.9 Å². The summed E-state index contributed by atoms with van der Waals surface area (Å²) in [7, 11) is 0. The maximum Gasteiger partial charge on any atom is 0.352 e. The van der Waals surface area contributed by atoms with Gasteiger partial charge in [-0.3, -0.25) is 4.79 Å². The fraction of sp³-hybridized carbons (Fsp3) is 0.500. The monoisotopic (exact) mass is 443 g/mol. The summed E-state index contributed by atoms with van der Waals surface area (Å²) >= 11 is 12.2. The summed E-state index contributed by atoms with van der Waals surface area (Å²) in [5, 5.41) is 15.7. The number of aromatic nitrogens is 1. The minimum absolute atomic E-state index is 0.0116. The lowest BCUT2D eigenvalue weighted by Gasteiger charge is -2.44. The summed E-state index contributed by atoms with van der Waals surface area (Å²) in [4.78, 5) is 33.1. The van der Waals surface area contributed by atoms with Gasteiger partial charge >= 0.3 is 11.9 Å². The van der Waals surface area contributed by atoms with Crippen molar-refractivity contribution in [3.63, 3.8) is 0 Å². The van der Waals surface area contributed by atoms with Gasteiger partial charge in [-0.1, -0.05) is 23.2 Å². The van der Waals surface area contributed by atoms with Crippen LogP contribution >= 0.6 is 23.2 Å². The molecule has 0 spiro atoms. The topological polar surface area (TPSA) is 119 Å². The van der Waals surface area contributed by atoms with Gasteiger partial charge in [0.25, 0.3) is 5.91 Å². The van der Waals surface area contributed by atoms with Crippen LogP contribution in [0.2, 0.25) is 10.0 Å². The number of ether oxygens (including phenoxy) is 1. The lowest BCUT2D eigenvalue weighted by molar-refractivity contribution is -0.174. The maximum absolute atomic E-state index is 12.5. The first kappa shape index (κ1) is 21.6. The number of aliphatic carboxylic acids is 1. The van der Waals surface area contributed by atoms with E-state index in [1.54, 1.807) is 6.92 Å². The number of halogens is 2. The van der Waals surface area contributed by atoms with E-state index in [0.29, 0.717) is 43.3 Å². The standard InChI is InChI=1S/C18H23Cl2N5O4/c1-3-29-18(21-7-4-12(24-18)17(27)28)25-8-5-11(6-9-25)23-16(26)15-14(20)13(19)10(2)22-15/h4,7,11,22,24H,3,5-6,8-9H2,1-2H3,(H,23,26)(H,27,28). The van der Waals surface area contributed by atoms with Crippen molar-refractivity contribution < 1.29 is 19.4 Å². The van der Waals surface area contributed by atoms with Crippen LogP contribution in [0.3, 0.4) is 0 Å². The van der Waals surface area contributed by atoms with Gasteiger partial charge in [-0.25, -0.2) is 14.7 Å². The summed E-state index contributed by atoms with van der Waals surface area (Å²) in [6.45, 7) is 4.99. The van der Waals surface area contributed by atoms with Crippen molar-refractivity contribution in [2.45, 2.75) is 38.7 Å². The van der Waals surface area contributed by atoms with Crippen LogP contribution in [0.5, 0.6) is 0 Å². The van der Waals surface area contributed by atoms with Gasteiger partial charge in [-0.15, -0.1) is 0 Å². The van der Waals surface area contributed by atoms with E-state index in [9.17, 15) is 14.7 Å². The largest absolute Gasteiger partial charge is 0.477 e. The molecule has 1 amide bonds. The van der Waals surface area contributed by atoms with Gasteiger partial charge < -0.3 is 25.5 Å². The van der Waals surface area contributed by atoms with Crippen molar-refractivity contribution in [3.8, 4) is 0 Å². The normalized spacial score (nSPS) is 22.8. The quantitative estimate of drug-likeness (QED) is 0.534. The molecular formula is C18H23Cl2N5O4. The Morgan fingerprint density at radius 1 is 1.38 bits per heavy atom. The fourth-order valence-electron chi connectivity index (χ4n) is 3.43. The van der Waals surface area contributed by atoms with Gasteiger partial charge in [0.1, 0.15) is 11.4 Å². The molecule has 1 unspecified atom stereocenters. The number of hydrogen-bond donors (Lipinski definition) is 4. The molecule has 1 atom stereocenters. The lowest BCUT2D eigenvalue weighted by atomic mass is 10.0. The van der Waals surface area contributed by atoms with E-state index in [-0.39, 0.29) is 28.4 Å². The molecule has 2 aliphatic heterocycles. The first-order valence-electron chi connectivity index (χ1n) is 9.27. The third kappa shape index (κ3) is 4.42. The SMILES string of the molecule is CCOC1(N2CCC(NC(=O)c3[nH]c(C)c(Cl)c3Cl)CC2)N=CC=C(C(=O)O)N1. The van der Waals surface area contributed by atoms with Crippen molar-refractivity contribution in [2.24, 2.45) is 4.99 Å². The average molecular weight is 444 g/mol. The van der Waals surface area contributed by atoms with Crippen LogP contribution in [0.4, 0.5) is 0 Å². The highest BCUT2D eigenvalue weighted by atomic mass is 35.5. The molecule has 0 aromatic carbocycles. The van der Waals surface area contributed by atoms with E-state index in [2.05, 4.69) is 20.6 Å². The number of likely N-dealkylation sites (tertiary alicyclic amines) is 1. The van der Waals surface area contributed by atoms with Gasteiger partial charge in [0.05, 0.1) is 10.0 Å². The molecule has 29 heavy (non-hydrogen) atoms. The number of amides is 1. The smallest absolute Gasteiger partial charge is 0.352 e. The Balaban J connectivity index is 1.64. The molecule has 1 fully saturated rings. The zero-order chi connectivity index (χ0) is 21.2. The molecule has 3 rings (SSSR count). The van der Waals surface area contributed by atoms with Crippen molar-refractivity contribution in [1.29, 1.82) is 0 Å². The molecule has 4 N–H and O–H groups in total. The Kier molecular flexibility index (Phi) is 6.52. The number of H-pyrrole nitrogens is 1. The number of piperidine rings is 1. The van der Waals surface area contributed by atoms with Crippen LogP contribution < -0.4 is 10.6 Å². The number of rotatable bonds is 6. The van der Waals surface area contributed by atoms with Crippen LogP contribution in [0.25, 0.3) is 0 Å². The highest BCUT2D eigenvalue weighted by Crippen LogP contribution is 2.30. The van der Waals surface area contributed by atoms with Crippen molar-refractivity contribution >= 4 is 41.3 Å². The van der Waals surface area contributed by atoms with Crippen LogP contribution in [-0.4, -0.2) is 64.8 Å². The first-order valence-corrected chi connectivity index (χ1v) is 10.0. The second-order valence-electron chi connectivity index (χ2n) is 6.82. The Morgan fingerprint density at radius 3 is 2.62 bits per heavy atom. The van der Waals surface area contributed by atoms with Gasteiger partial charge in [0.2, 0.25) is 0 Å². The number of hydrogen-bond acceptors (Lipinski definition) is 6. The van der Waals surface area contributed by atoms with Gasteiger partial charge in [-0.05, 0) is 32.8 Å². The van der Waals surface area contributed by atoms with Crippen molar-refractivity contribution in [2.75, 3.05) is 19.7 Å². The van der Waals surface area contributed by atoms with Crippen molar-refractivity contribution in [3.05, 3.63) is 33.2 Å². The predicted octanol–water partition coefficient (Wildman–Crippen LogP) is 2.11. The first-order chi connectivity index (χ1) is 13.8. The number of allylic oxidation sites excluding steroid dienone is 1. The highest BCUT2D eigenvalue weighted by Gasteiger charge is 2.42. The summed E-state index contributed by atoms with van der Waals surface area (Å²) in [5.74, 6) is -2.66. The maximum atomic E-state index is 12.5. The molecule has 2 aliphatic rings. The summed E-state index contributed by atoms with van der Waals surface area (Å²) < 4.78 is 5.80. The molecule has 0 saturated carbocycles. The summed E-state index contributed by atoms with van der Waals surface area (Å²) in [6.07, 6.45) is 4.09. The van der Waals surface area contributed by atoms with E-state index >= 15 is 0 Å². The number of aryl methyl sites for hydroxylation is 1. The molecule has 9 nitrogen and oxygen atoms in total. The second kappa shape index (κ2) is 8.74. The van der Waals surface area contributed by atoms with E-state index in [0.717, 1.165) is 0 Å². The second-order valence-corrected chi connectivity index (χ2v) is 7.57. The number of carbonyl (C=O) groups excluding carboxylic acids is 1. The minimum atomic E-state index is -1.26. The van der Waals surface area contributed by atoms with Crippen LogP contribution in [0.15, 0.2) is 16.8 Å². The number of nitrogens with zero attached hydrogens (tertiary/aromatic N) is 2. The third-order valence-corrected chi connectivity index (χ3v) is 5.85. The zero-order valence-electron chi connectivity index (χ0n) is 16.1. The molecular weight excluding hydrogens is 421 g/mol. The van der Waals surface area contributed by atoms with Gasteiger partial charge in [0, 0.05) is 37.6 Å². The van der Waals surface area contributed by atoms with E-state index < -0.39 is 11.9 Å². The number of aromatic amines is 1. The predicted molar refractivity (Wildman–Crippen MR) is 109 cm³/mol. The van der Waals surface area contributed by atoms with Crippen LogP contribution in [-0.2, 0) is 9.53 Å². The molecule has 0 radical (unpaired) electrons. The number of carbonyl (C=O) groups is 2. The molecule has 1 saturated heterocycles. The zero-order valence-corrected chi connectivity index (χ0v) is 17.6. The highest BCUT2D eigenvalue weighted by molar-refractivity contribution is 6.44. The van der Waals surface area contributed by atoms with E-state index in [1.165, 1.54) is 12.3 Å². The molecule has 1 aromatic heterocycles. The van der Waals surface area contributed by atoms with Crippen LogP contribution in [0, 0.1) is 6.92 Å². The molecule has 158 valence electrons. The Labute approximate surface area is 178 Å². The van der Waals surface area contributed by atoms with E-state index in [1.807, 2.05) is 11.8 Å². The number of carboxylic acids is 1. The summed E-state index contributed by atoms with van der Waals surface area (Å²) in [6, 6.07) is -0.0714. The number of aliphatic imine (C=N–C) groups is 1. The fourth-order valence-corrected chi connectivity index (χ4v) is 3.84. The van der Waals surface area contributed by atoms with E-state index in [4.69, 9.17) is 27.9 Å². The van der Waals surface area contributed by atoms with Crippen molar-refractivity contribution in [1.82, 2.24) is 20.5 Å². The van der Waals surface area contributed by atoms with Gasteiger partial charge in [0.15, 0.2) is 0 Å². The third-order valence-electron chi connectivity index (χ3n) is 4.90. The van der Waals surface area contributed by atoms with Gasteiger partial charge in [-0.2, -0.15) is 0 Å². The number of carboxylic acid groups (broad SMARTS) is 1. The minimum Gasteiger partial charge on any atom is -0.477 e. The molecule has 11 heteroatoms. The Hall–Kier alpha value is -2.07. The molecule has 0 bridgehead atoms. The molecule has 1 aromatic rings. The average Bonchev–Trinajstić information content (AvgIpc) is 2.96. The number of nitrogens with one attached hydrogen (secondary N) is 3. The molecule has 3 heterocycles. The molecule has 0 aliphatic carbocycles. The Morgan fingerprint density at radius 2 is 2.07 bits per heavy atom. The Bertz CT molecular complexity index is 861. The lowest BCUT2D eigenvalue weighted by Crippen LogP contribution is -2.63. The summed E-state index contributed by atoms with van der Waals surface area (Å²) in [5.41, 5.74) is 0.897.